The summed E-state index contributed by atoms with van der Waals surface area (Å²) in [5, 5.41) is 13.0. The van der Waals surface area contributed by atoms with E-state index in [-0.39, 0.29) is 5.56 Å². The van der Waals surface area contributed by atoms with Gasteiger partial charge in [-0.1, -0.05) is 0 Å². The lowest BCUT2D eigenvalue weighted by Crippen LogP contribution is -2.06. The highest BCUT2D eigenvalue weighted by molar-refractivity contribution is 5.51. The van der Waals surface area contributed by atoms with Crippen LogP contribution in [-0.2, 0) is 6.54 Å². The molecule has 2 rings (SSSR count). The lowest BCUT2D eigenvalue weighted by atomic mass is 10.0. The summed E-state index contributed by atoms with van der Waals surface area (Å²) < 4.78 is 20.7. The summed E-state index contributed by atoms with van der Waals surface area (Å²) in [4.78, 5) is 0. The first-order valence-electron chi connectivity index (χ1n) is 5.41. The van der Waals surface area contributed by atoms with E-state index in [1.807, 2.05) is 6.07 Å². The molecular weight excluding hydrogens is 233 g/mol. The summed E-state index contributed by atoms with van der Waals surface area (Å²) in [6, 6.07) is 4.96. The van der Waals surface area contributed by atoms with Crippen molar-refractivity contribution in [3.05, 3.63) is 47.0 Å². The first-order chi connectivity index (χ1) is 8.67. The maximum atomic E-state index is 13.7. The molecule has 0 N–H and O–H groups in total. The number of rotatable bonds is 3. The van der Waals surface area contributed by atoms with Gasteiger partial charge < -0.3 is 4.74 Å². The quantitative estimate of drug-likeness (QED) is 0.833. The molecule has 4 nitrogen and oxygen atoms in total. The number of nitriles is 1. The van der Waals surface area contributed by atoms with E-state index >= 15 is 0 Å². The van der Waals surface area contributed by atoms with Crippen molar-refractivity contribution in [2.75, 3.05) is 7.11 Å². The Balaban J connectivity index is 2.51. The molecule has 0 spiro atoms. The molecule has 0 bridgehead atoms. The van der Waals surface area contributed by atoms with Crippen molar-refractivity contribution in [2.24, 2.45) is 0 Å². The molecule has 0 unspecified atom stereocenters. The van der Waals surface area contributed by atoms with Crippen molar-refractivity contribution in [3.8, 4) is 11.8 Å². The Labute approximate surface area is 104 Å². The van der Waals surface area contributed by atoms with Crippen LogP contribution in [0.3, 0.4) is 0 Å². The molecule has 0 aliphatic carbocycles. The fourth-order valence-corrected chi connectivity index (χ4v) is 1.93. The Hall–Kier alpha value is -2.35. The van der Waals surface area contributed by atoms with Crippen molar-refractivity contribution in [3.63, 3.8) is 0 Å². The van der Waals surface area contributed by atoms with Crippen LogP contribution in [0.15, 0.2) is 24.5 Å². The van der Waals surface area contributed by atoms with Crippen molar-refractivity contribution in [2.45, 2.75) is 13.5 Å². The first kappa shape index (κ1) is 12.1. The minimum Gasteiger partial charge on any atom is -0.496 e. The second-order valence-electron chi connectivity index (χ2n) is 3.87. The fraction of sp³-hybridized carbons (Fsp3) is 0.231. The molecule has 0 aliphatic rings. The lowest BCUT2D eigenvalue weighted by molar-refractivity contribution is 0.402. The summed E-state index contributed by atoms with van der Waals surface area (Å²) in [6.07, 6.45) is 3.43. The minimum absolute atomic E-state index is 0.0241. The zero-order valence-corrected chi connectivity index (χ0v) is 10.1. The molecule has 18 heavy (non-hydrogen) atoms. The highest BCUT2D eigenvalue weighted by Gasteiger charge is 2.16. The van der Waals surface area contributed by atoms with E-state index in [0.29, 0.717) is 23.4 Å². The molecule has 1 aromatic carbocycles. The van der Waals surface area contributed by atoms with Crippen LogP contribution in [0.5, 0.6) is 5.75 Å². The van der Waals surface area contributed by atoms with Gasteiger partial charge in [0.05, 0.1) is 19.2 Å². The average molecular weight is 245 g/mol. The van der Waals surface area contributed by atoms with Gasteiger partial charge >= 0.3 is 0 Å². The third kappa shape index (κ3) is 2.05. The second-order valence-corrected chi connectivity index (χ2v) is 3.87. The molecule has 92 valence electrons. The molecule has 0 atom stereocenters. The summed E-state index contributed by atoms with van der Waals surface area (Å²) in [7, 11) is 1.51. The Morgan fingerprint density at radius 1 is 1.56 bits per heavy atom. The predicted molar refractivity (Wildman–Crippen MR) is 63.7 cm³/mol. The van der Waals surface area contributed by atoms with Crippen LogP contribution in [0.4, 0.5) is 4.39 Å². The van der Waals surface area contributed by atoms with E-state index in [9.17, 15) is 4.39 Å². The Kier molecular flexibility index (Phi) is 3.28. The topological polar surface area (TPSA) is 50.8 Å². The van der Waals surface area contributed by atoms with Crippen LogP contribution < -0.4 is 4.74 Å². The van der Waals surface area contributed by atoms with Crippen LogP contribution in [0.25, 0.3) is 0 Å². The van der Waals surface area contributed by atoms with E-state index in [2.05, 4.69) is 5.10 Å². The van der Waals surface area contributed by atoms with Gasteiger partial charge in [0.25, 0.3) is 0 Å². The number of aromatic nitrogens is 2. The molecular formula is C13H12FN3O. The standard InChI is InChI=1S/C13H12FN3O/c1-9-11(7-15)12(14)6-10(13(9)18-2)8-17-5-3-4-16-17/h3-6H,8H2,1-2H3. The summed E-state index contributed by atoms with van der Waals surface area (Å²) >= 11 is 0. The van der Waals surface area contributed by atoms with Crippen LogP contribution >= 0.6 is 0 Å². The number of ether oxygens (including phenoxy) is 1. The fourth-order valence-electron chi connectivity index (χ4n) is 1.93. The number of halogens is 1. The minimum atomic E-state index is -0.530. The van der Waals surface area contributed by atoms with E-state index in [0.717, 1.165) is 0 Å². The summed E-state index contributed by atoms with van der Waals surface area (Å²) in [5.41, 5.74) is 1.20. The zero-order valence-electron chi connectivity index (χ0n) is 10.1. The molecule has 2 aromatic rings. The monoisotopic (exact) mass is 245 g/mol. The van der Waals surface area contributed by atoms with Gasteiger partial charge in [-0.05, 0) is 19.1 Å². The van der Waals surface area contributed by atoms with Gasteiger partial charge in [-0.2, -0.15) is 10.4 Å². The number of methoxy groups -OCH3 is 1. The van der Waals surface area contributed by atoms with Crippen LogP contribution in [0, 0.1) is 24.1 Å². The van der Waals surface area contributed by atoms with Crippen molar-refractivity contribution in [1.82, 2.24) is 9.78 Å². The van der Waals surface area contributed by atoms with E-state index in [1.165, 1.54) is 13.2 Å². The van der Waals surface area contributed by atoms with Crippen LogP contribution in [0.1, 0.15) is 16.7 Å². The van der Waals surface area contributed by atoms with Crippen molar-refractivity contribution < 1.29 is 9.13 Å². The summed E-state index contributed by atoms with van der Waals surface area (Å²) in [6.45, 7) is 2.08. The highest BCUT2D eigenvalue weighted by Crippen LogP contribution is 2.29. The Morgan fingerprint density at radius 3 is 2.89 bits per heavy atom. The maximum absolute atomic E-state index is 13.7. The third-order valence-corrected chi connectivity index (χ3v) is 2.75. The number of benzene rings is 1. The van der Waals surface area contributed by atoms with E-state index in [4.69, 9.17) is 10.00 Å². The molecule has 0 radical (unpaired) electrons. The first-order valence-corrected chi connectivity index (χ1v) is 5.41. The number of nitrogens with zero attached hydrogens (tertiary/aromatic N) is 3. The third-order valence-electron chi connectivity index (χ3n) is 2.75. The highest BCUT2D eigenvalue weighted by atomic mass is 19.1. The summed E-state index contributed by atoms with van der Waals surface area (Å²) in [5.74, 6) is 0.00130. The largest absolute Gasteiger partial charge is 0.496 e. The molecule has 0 amide bonds. The molecule has 0 aliphatic heterocycles. The van der Waals surface area contributed by atoms with E-state index < -0.39 is 5.82 Å². The van der Waals surface area contributed by atoms with E-state index in [1.54, 1.807) is 30.1 Å². The average Bonchev–Trinajstić information content (AvgIpc) is 2.82. The molecule has 0 fully saturated rings. The van der Waals surface area contributed by atoms with Gasteiger partial charge in [0.1, 0.15) is 17.6 Å². The predicted octanol–water partition coefficient (Wildman–Crippen LogP) is 2.26. The molecule has 1 heterocycles. The van der Waals surface area contributed by atoms with Gasteiger partial charge in [-0.25, -0.2) is 4.39 Å². The van der Waals surface area contributed by atoms with Gasteiger partial charge in [0, 0.05) is 23.5 Å². The van der Waals surface area contributed by atoms with Gasteiger partial charge in [0.15, 0.2) is 0 Å². The normalized spacial score (nSPS) is 10.1. The van der Waals surface area contributed by atoms with Crippen LogP contribution in [0.2, 0.25) is 0 Å². The maximum Gasteiger partial charge on any atom is 0.141 e. The van der Waals surface area contributed by atoms with Crippen LogP contribution in [-0.4, -0.2) is 16.9 Å². The molecule has 0 saturated carbocycles. The smallest absolute Gasteiger partial charge is 0.141 e. The SMILES string of the molecule is COc1c(Cn2cccn2)cc(F)c(C#N)c1C. The zero-order chi connectivity index (χ0) is 13.1. The number of hydrogen-bond acceptors (Lipinski definition) is 3. The molecule has 0 saturated heterocycles. The van der Waals surface area contributed by atoms with Gasteiger partial charge in [-0.15, -0.1) is 0 Å². The second kappa shape index (κ2) is 4.88. The molecule has 1 aromatic heterocycles. The van der Waals surface area contributed by atoms with Crippen molar-refractivity contribution >= 4 is 0 Å². The molecule has 5 heteroatoms. The Bertz CT molecular complexity index is 600. The number of hydrogen-bond donors (Lipinski definition) is 0. The Morgan fingerprint density at radius 2 is 2.33 bits per heavy atom. The lowest BCUT2D eigenvalue weighted by Gasteiger charge is -2.13. The van der Waals surface area contributed by atoms with Crippen molar-refractivity contribution in [1.29, 1.82) is 5.26 Å². The van der Waals surface area contributed by atoms with Gasteiger partial charge in [0.2, 0.25) is 0 Å². The van der Waals surface area contributed by atoms with Gasteiger partial charge in [-0.3, -0.25) is 4.68 Å².